The van der Waals surface area contributed by atoms with Crippen LogP contribution in [0.15, 0.2) is 28.2 Å². The quantitative estimate of drug-likeness (QED) is 0.856. The molecule has 1 aromatic carbocycles. The number of halogens is 4. The SMILES string of the molecule is Cc1ncsc1CNc1ccc(Br)cc1C(F)(F)F. The molecule has 2 aromatic rings. The van der Waals surface area contributed by atoms with E-state index in [1.54, 1.807) is 11.6 Å². The highest BCUT2D eigenvalue weighted by atomic mass is 79.9. The van der Waals surface area contributed by atoms with Gasteiger partial charge in [0.2, 0.25) is 0 Å². The summed E-state index contributed by atoms with van der Waals surface area (Å²) < 4.78 is 39.1. The van der Waals surface area contributed by atoms with Crippen LogP contribution in [0.5, 0.6) is 0 Å². The van der Waals surface area contributed by atoms with Gasteiger partial charge in [-0.05, 0) is 25.1 Å². The van der Waals surface area contributed by atoms with Gasteiger partial charge in [0.25, 0.3) is 0 Å². The Kier molecular flexibility index (Phi) is 4.15. The first-order chi connectivity index (χ1) is 8.88. The van der Waals surface area contributed by atoms with Crippen molar-refractivity contribution in [3.63, 3.8) is 0 Å². The fourth-order valence-electron chi connectivity index (χ4n) is 1.58. The molecule has 19 heavy (non-hydrogen) atoms. The Hall–Kier alpha value is -1.08. The van der Waals surface area contributed by atoms with Crippen LogP contribution in [0.2, 0.25) is 0 Å². The molecule has 1 aromatic heterocycles. The number of aromatic nitrogens is 1. The molecule has 2 rings (SSSR count). The van der Waals surface area contributed by atoms with E-state index in [1.165, 1.54) is 17.4 Å². The van der Waals surface area contributed by atoms with E-state index < -0.39 is 11.7 Å². The largest absolute Gasteiger partial charge is 0.418 e. The van der Waals surface area contributed by atoms with Crippen LogP contribution in [-0.2, 0) is 12.7 Å². The second-order valence-electron chi connectivity index (χ2n) is 3.90. The predicted octanol–water partition coefficient (Wildman–Crippen LogP) is 4.84. The standard InChI is InChI=1S/C12H10BrF3N2S/c1-7-11(19-6-18-7)5-17-10-3-2-8(13)4-9(10)12(14,15)16/h2-4,6,17H,5H2,1H3. The maximum Gasteiger partial charge on any atom is 0.418 e. The van der Waals surface area contributed by atoms with Crippen molar-refractivity contribution in [2.24, 2.45) is 0 Å². The van der Waals surface area contributed by atoms with Crippen molar-refractivity contribution in [3.05, 3.63) is 44.3 Å². The zero-order valence-corrected chi connectivity index (χ0v) is 12.3. The van der Waals surface area contributed by atoms with Crippen LogP contribution in [0.1, 0.15) is 16.1 Å². The Morgan fingerprint density at radius 1 is 1.37 bits per heavy atom. The van der Waals surface area contributed by atoms with Crippen LogP contribution in [0.3, 0.4) is 0 Å². The summed E-state index contributed by atoms with van der Waals surface area (Å²) in [5.41, 5.74) is 1.91. The summed E-state index contributed by atoms with van der Waals surface area (Å²) in [5.74, 6) is 0. The number of rotatable bonds is 3. The summed E-state index contributed by atoms with van der Waals surface area (Å²) >= 11 is 4.48. The number of nitrogens with zero attached hydrogens (tertiary/aromatic N) is 1. The highest BCUT2D eigenvalue weighted by Gasteiger charge is 2.33. The molecule has 0 aliphatic carbocycles. The molecule has 0 atom stereocenters. The van der Waals surface area contributed by atoms with Crippen molar-refractivity contribution in [2.75, 3.05) is 5.32 Å². The van der Waals surface area contributed by atoms with Crippen molar-refractivity contribution in [1.29, 1.82) is 0 Å². The van der Waals surface area contributed by atoms with E-state index in [-0.39, 0.29) is 5.69 Å². The number of anilines is 1. The minimum Gasteiger partial charge on any atom is -0.380 e. The maximum atomic E-state index is 12.9. The van der Waals surface area contributed by atoms with E-state index in [4.69, 9.17) is 0 Å². The molecule has 1 N–H and O–H groups in total. The average molecular weight is 351 g/mol. The van der Waals surface area contributed by atoms with E-state index in [2.05, 4.69) is 26.2 Å². The smallest absolute Gasteiger partial charge is 0.380 e. The maximum absolute atomic E-state index is 12.9. The Balaban J connectivity index is 2.23. The summed E-state index contributed by atoms with van der Waals surface area (Å²) in [7, 11) is 0. The molecule has 0 saturated heterocycles. The number of alkyl halides is 3. The van der Waals surface area contributed by atoms with Crippen molar-refractivity contribution in [1.82, 2.24) is 4.98 Å². The van der Waals surface area contributed by atoms with Crippen LogP contribution in [0.4, 0.5) is 18.9 Å². The summed E-state index contributed by atoms with van der Waals surface area (Å²) in [6.07, 6.45) is -4.38. The molecule has 102 valence electrons. The molecule has 0 spiro atoms. The van der Waals surface area contributed by atoms with E-state index in [9.17, 15) is 13.2 Å². The van der Waals surface area contributed by atoms with Crippen LogP contribution in [0.25, 0.3) is 0 Å². The molecular formula is C12H10BrF3N2S. The first kappa shape index (κ1) is 14.3. The molecular weight excluding hydrogens is 341 g/mol. The Labute approximate surface area is 120 Å². The highest BCUT2D eigenvalue weighted by Crippen LogP contribution is 2.36. The van der Waals surface area contributed by atoms with Gasteiger partial charge in [0.05, 0.1) is 23.3 Å². The molecule has 7 heteroatoms. The van der Waals surface area contributed by atoms with Crippen LogP contribution >= 0.6 is 27.3 Å². The second-order valence-corrected chi connectivity index (χ2v) is 5.76. The summed E-state index contributed by atoms with van der Waals surface area (Å²) in [4.78, 5) is 4.99. The van der Waals surface area contributed by atoms with Crippen molar-refractivity contribution < 1.29 is 13.2 Å². The number of hydrogen-bond acceptors (Lipinski definition) is 3. The highest BCUT2D eigenvalue weighted by molar-refractivity contribution is 9.10. The fourth-order valence-corrected chi connectivity index (χ4v) is 2.65. The molecule has 0 amide bonds. The second kappa shape index (κ2) is 5.50. The summed E-state index contributed by atoms with van der Waals surface area (Å²) in [6, 6.07) is 4.07. The number of nitrogens with one attached hydrogen (secondary N) is 1. The van der Waals surface area contributed by atoms with Gasteiger partial charge in [0.1, 0.15) is 0 Å². The number of benzene rings is 1. The van der Waals surface area contributed by atoms with E-state index in [1.807, 2.05) is 6.92 Å². The number of aryl methyl sites for hydroxylation is 1. The lowest BCUT2D eigenvalue weighted by atomic mass is 10.1. The fraction of sp³-hybridized carbons (Fsp3) is 0.250. The van der Waals surface area contributed by atoms with Gasteiger partial charge >= 0.3 is 6.18 Å². The van der Waals surface area contributed by atoms with Crippen LogP contribution in [-0.4, -0.2) is 4.98 Å². The van der Waals surface area contributed by atoms with E-state index >= 15 is 0 Å². The molecule has 2 nitrogen and oxygen atoms in total. The summed E-state index contributed by atoms with van der Waals surface area (Å²) in [6.45, 7) is 2.17. The first-order valence-corrected chi connectivity index (χ1v) is 7.05. The van der Waals surface area contributed by atoms with E-state index in [0.717, 1.165) is 16.6 Å². The third kappa shape index (κ3) is 3.48. The minimum absolute atomic E-state index is 0.0727. The Bertz CT molecular complexity index is 581. The lowest BCUT2D eigenvalue weighted by molar-refractivity contribution is -0.137. The predicted molar refractivity (Wildman–Crippen MR) is 73.3 cm³/mol. The molecule has 0 fully saturated rings. The van der Waals surface area contributed by atoms with Gasteiger partial charge in [-0.1, -0.05) is 15.9 Å². The zero-order chi connectivity index (χ0) is 14.0. The van der Waals surface area contributed by atoms with Crippen molar-refractivity contribution >= 4 is 33.0 Å². The van der Waals surface area contributed by atoms with Gasteiger partial charge in [-0.2, -0.15) is 13.2 Å². The van der Waals surface area contributed by atoms with E-state index in [0.29, 0.717) is 11.0 Å². The molecule has 0 saturated carbocycles. The van der Waals surface area contributed by atoms with Crippen molar-refractivity contribution in [3.8, 4) is 0 Å². The molecule has 0 unspecified atom stereocenters. The third-order valence-electron chi connectivity index (χ3n) is 2.57. The topological polar surface area (TPSA) is 24.9 Å². The van der Waals surface area contributed by atoms with Crippen LogP contribution < -0.4 is 5.32 Å². The number of hydrogen-bond donors (Lipinski definition) is 1. The minimum atomic E-state index is -4.38. The first-order valence-electron chi connectivity index (χ1n) is 5.37. The number of thiazole rings is 1. The van der Waals surface area contributed by atoms with Gasteiger partial charge in [0, 0.05) is 15.0 Å². The molecule has 0 aliphatic heterocycles. The molecule has 0 radical (unpaired) electrons. The van der Waals surface area contributed by atoms with Gasteiger partial charge in [-0.3, -0.25) is 0 Å². The molecule has 0 aliphatic rings. The zero-order valence-electron chi connectivity index (χ0n) is 9.88. The average Bonchev–Trinajstić information content (AvgIpc) is 2.72. The molecule has 1 heterocycles. The Morgan fingerprint density at radius 3 is 2.68 bits per heavy atom. The monoisotopic (exact) mass is 350 g/mol. The summed E-state index contributed by atoms with van der Waals surface area (Å²) in [5, 5.41) is 2.82. The van der Waals surface area contributed by atoms with Crippen LogP contribution in [0, 0.1) is 6.92 Å². The van der Waals surface area contributed by atoms with Gasteiger partial charge in [0.15, 0.2) is 0 Å². The molecule has 0 bridgehead atoms. The third-order valence-corrected chi connectivity index (χ3v) is 4.00. The lowest BCUT2D eigenvalue weighted by Gasteiger charge is -2.14. The lowest BCUT2D eigenvalue weighted by Crippen LogP contribution is -2.10. The van der Waals surface area contributed by atoms with Gasteiger partial charge in [-0.15, -0.1) is 11.3 Å². The normalized spacial score (nSPS) is 11.6. The van der Waals surface area contributed by atoms with Crippen molar-refractivity contribution in [2.45, 2.75) is 19.6 Å². The van der Waals surface area contributed by atoms with Gasteiger partial charge in [-0.25, -0.2) is 4.98 Å². The Morgan fingerprint density at radius 2 is 2.11 bits per heavy atom. The van der Waals surface area contributed by atoms with Gasteiger partial charge < -0.3 is 5.32 Å².